The third-order valence-corrected chi connectivity index (χ3v) is 6.65. The van der Waals surface area contributed by atoms with E-state index in [1.807, 2.05) is 0 Å². The van der Waals surface area contributed by atoms with Crippen molar-refractivity contribution >= 4 is 22.1 Å². The molecule has 31 heavy (non-hydrogen) atoms. The van der Waals surface area contributed by atoms with Gasteiger partial charge in [0.05, 0.1) is 5.41 Å². The van der Waals surface area contributed by atoms with Gasteiger partial charge in [-0.3, -0.25) is 14.1 Å². The van der Waals surface area contributed by atoms with Crippen LogP contribution in [-0.4, -0.2) is 40.4 Å². The first-order chi connectivity index (χ1) is 13.1. The van der Waals surface area contributed by atoms with Crippen molar-refractivity contribution in [1.82, 2.24) is 0 Å². The fourth-order valence-corrected chi connectivity index (χ4v) is 4.97. The summed E-state index contributed by atoms with van der Waals surface area (Å²) in [6.07, 6.45) is 10.2. The molecule has 0 aliphatic carbocycles. The summed E-state index contributed by atoms with van der Waals surface area (Å²) in [6, 6.07) is 0. The first kappa shape index (κ1) is 40.0. The fourth-order valence-electron chi connectivity index (χ4n) is 3.80. The summed E-state index contributed by atoms with van der Waals surface area (Å²) in [5, 5.41) is 16.9. The Hall–Kier alpha value is 1.85. The fraction of sp³-hybridized carbons (Fsp3) is 0.900. The Bertz CT molecular complexity index is 555. The van der Waals surface area contributed by atoms with Gasteiger partial charge in [0, 0.05) is 0 Å². The molecule has 166 valence electrons. The molecule has 0 aromatic heterocycles. The molecule has 0 fully saturated rings. The smallest absolute Gasteiger partial charge is 0.481 e. The van der Waals surface area contributed by atoms with Gasteiger partial charge in [-0.1, -0.05) is 90.9 Å². The third kappa shape index (κ3) is 16.2. The van der Waals surface area contributed by atoms with Crippen molar-refractivity contribution in [3.8, 4) is 0 Å². The van der Waals surface area contributed by atoms with E-state index < -0.39 is 32.7 Å². The molecule has 11 heteroatoms. The molecular weight excluding hydrogens is 453 g/mol. The van der Waals surface area contributed by atoms with Crippen molar-refractivity contribution in [2.45, 2.75) is 109 Å². The zero-order chi connectivity index (χ0) is 21.6. The number of carboxylic acid groups (broad SMARTS) is 2. The molecule has 0 rings (SSSR count). The molecule has 1 atom stereocenters. The predicted octanol–water partition coefficient (Wildman–Crippen LogP) is -4.09. The zero-order valence-corrected chi connectivity index (χ0v) is 27.2. The monoisotopic (exact) mass is 491 g/mol. The minimum Gasteiger partial charge on any atom is -0.481 e. The Morgan fingerprint density at radius 2 is 1.03 bits per heavy atom. The van der Waals surface area contributed by atoms with Gasteiger partial charge in [-0.05, 0) is 12.8 Å². The topological polar surface area (TPSA) is 129 Å². The van der Waals surface area contributed by atoms with Crippen molar-refractivity contribution in [3.63, 3.8) is 0 Å². The molecule has 0 radical (unpaired) electrons. The number of carbonyl (C=O) groups is 2. The number of rotatable bonds is 18. The van der Waals surface area contributed by atoms with Crippen LogP contribution in [0.2, 0.25) is 0 Å². The summed E-state index contributed by atoms with van der Waals surface area (Å²) in [6.45, 7) is 4.17. The Labute approximate surface area is 254 Å². The minimum absolute atomic E-state index is 0. The number of unbranched alkanes of at least 4 members (excludes halogenated alkanes) is 10. The quantitative estimate of drug-likeness (QED) is 0.101. The maximum absolute atomic E-state index is 12.1. The Morgan fingerprint density at radius 3 is 1.29 bits per heavy atom. The van der Waals surface area contributed by atoms with Crippen molar-refractivity contribution < 1.29 is 121 Å². The number of aliphatic carboxylic acids is 2. The average molecular weight is 492 g/mol. The third-order valence-electron chi connectivity index (χ3n) is 5.40. The van der Waals surface area contributed by atoms with Gasteiger partial charge in [-0.2, -0.15) is 8.42 Å². The van der Waals surface area contributed by atoms with E-state index in [2.05, 4.69) is 13.8 Å². The van der Waals surface area contributed by atoms with Gasteiger partial charge in [-0.25, -0.2) is 0 Å². The average Bonchev–Trinajstić information content (AvgIpc) is 2.58. The Kier molecular flexibility index (Phi) is 28.8. The van der Waals surface area contributed by atoms with E-state index in [-0.39, 0.29) is 102 Å². The molecule has 0 bridgehead atoms. The number of hydrogen-bond acceptors (Lipinski definition) is 4. The number of carboxylic acids is 2. The van der Waals surface area contributed by atoms with Crippen LogP contribution in [0.1, 0.15) is 104 Å². The Balaban J connectivity index is -0.00000121. The van der Waals surface area contributed by atoms with Crippen molar-refractivity contribution in [2.24, 2.45) is 5.41 Å². The van der Waals surface area contributed by atoms with Crippen LogP contribution < -0.4 is 88.7 Å². The summed E-state index contributed by atoms with van der Waals surface area (Å²) < 4.78 is 33.1. The van der Waals surface area contributed by atoms with E-state index in [4.69, 9.17) is 0 Å². The van der Waals surface area contributed by atoms with Crippen LogP contribution >= 0.6 is 0 Å². The van der Waals surface area contributed by atoms with Gasteiger partial charge in [0.25, 0.3) is 10.1 Å². The SMILES string of the molecule is CCCCCCCCC(CCCCCCCC)(C(=O)O)C(C(=O)O)S(=O)(=O)O.[Na+].[Na+].[Na+]. The van der Waals surface area contributed by atoms with E-state index >= 15 is 0 Å². The van der Waals surface area contributed by atoms with Gasteiger partial charge < -0.3 is 10.2 Å². The molecule has 0 aliphatic heterocycles. The van der Waals surface area contributed by atoms with E-state index in [1.165, 1.54) is 0 Å². The molecule has 0 spiro atoms. The standard InChI is InChI=1S/C20H38O7S.3Na/c1-3-5-7-9-11-13-15-20(19(23)24,16-14-12-10-8-6-4-2)17(18(21)22)28(25,26)27;;;/h17H,3-16H2,1-2H3,(H,21,22)(H,23,24)(H,25,26,27);;;/q;3*+1. The molecule has 0 saturated carbocycles. The molecule has 1 unspecified atom stereocenters. The van der Waals surface area contributed by atoms with E-state index in [9.17, 15) is 32.8 Å². The summed E-state index contributed by atoms with van der Waals surface area (Å²) in [5.41, 5.74) is -2.01. The van der Waals surface area contributed by atoms with Gasteiger partial charge in [-0.15, -0.1) is 0 Å². The van der Waals surface area contributed by atoms with E-state index in [0.717, 1.165) is 51.4 Å². The molecule has 3 N–H and O–H groups in total. The maximum Gasteiger partial charge on any atom is 1.00 e. The van der Waals surface area contributed by atoms with Crippen LogP contribution in [0.25, 0.3) is 0 Å². The molecule has 7 nitrogen and oxygen atoms in total. The van der Waals surface area contributed by atoms with Crippen LogP contribution in [0.4, 0.5) is 0 Å². The van der Waals surface area contributed by atoms with Crippen molar-refractivity contribution in [2.75, 3.05) is 0 Å². The van der Waals surface area contributed by atoms with Gasteiger partial charge in [0.1, 0.15) is 0 Å². The zero-order valence-electron chi connectivity index (χ0n) is 20.4. The molecule has 0 aromatic carbocycles. The second-order valence-corrected chi connectivity index (χ2v) is 9.23. The second kappa shape index (κ2) is 22.3. The van der Waals surface area contributed by atoms with Crippen LogP contribution in [0.3, 0.4) is 0 Å². The molecule has 0 aromatic rings. The molecular formula is C20H38Na3O7S+3. The summed E-state index contributed by atoms with van der Waals surface area (Å²) in [7, 11) is -5.05. The van der Waals surface area contributed by atoms with Gasteiger partial charge >= 0.3 is 101 Å². The summed E-state index contributed by atoms with van der Waals surface area (Å²) in [5.74, 6) is -3.26. The molecule has 0 heterocycles. The second-order valence-electron chi connectivity index (χ2n) is 7.73. The van der Waals surface area contributed by atoms with Crippen LogP contribution in [0, 0.1) is 5.41 Å². The minimum atomic E-state index is -5.05. The first-order valence-electron chi connectivity index (χ1n) is 10.6. The summed E-state index contributed by atoms with van der Waals surface area (Å²) >= 11 is 0. The van der Waals surface area contributed by atoms with Crippen LogP contribution in [0.15, 0.2) is 0 Å². The van der Waals surface area contributed by atoms with Crippen LogP contribution in [0.5, 0.6) is 0 Å². The number of hydrogen-bond donors (Lipinski definition) is 3. The predicted molar refractivity (Wildman–Crippen MR) is 109 cm³/mol. The Morgan fingerprint density at radius 1 is 0.710 bits per heavy atom. The van der Waals surface area contributed by atoms with Crippen molar-refractivity contribution in [1.29, 1.82) is 0 Å². The van der Waals surface area contributed by atoms with E-state index in [0.29, 0.717) is 25.7 Å². The van der Waals surface area contributed by atoms with Gasteiger partial charge in [0.15, 0.2) is 5.25 Å². The molecule has 0 saturated heterocycles. The normalized spacial score (nSPS) is 12.1. The van der Waals surface area contributed by atoms with Crippen molar-refractivity contribution in [3.05, 3.63) is 0 Å². The molecule has 0 amide bonds. The molecule has 0 aliphatic rings. The van der Waals surface area contributed by atoms with Gasteiger partial charge in [0.2, 0.25) is 0 Å². The summed E-state index contributed by atoms with van der Waals surface area (Å²) in [4.78, 5) is 23.8. The maximum atomic E-state index is 12.1. The largest absolute Gasteiger partial charge is 1.00 e. The first-order valence-corrected chi connectivity index (χ1v) is 12.1. The van der Waals surface area contributed by atoms with E-state index in [1.54, 1.807) is 0 Å². The van der Waals surface area contributed by atoms with Crippen LogP contribution in [-0.2, 0) is 19.7 Å².